The molecule has 60 valence electrons. The van der Waals surface area contributed by atoms with E-state index in [9.17, 15) is 0 Å². The van der Waals surface area contributed by atoms with Gasteiger partial charge in [-0.1, -0.05) is 0 Å². The van der Waals surface area contributed by atoms with E-state index in [1.807, 2.05) is 0 Å². The highest BCUT2D eigenvalue weighted by Crippen LogP contribution is 2.21. The molecule has 0 bridgehead atoms. The normalized spacial score (nSPS) is 13.1. The lowest BCUT2D eigenvalue weighted by Crippen LogP contribution is -1.95. The quantitative estimate of drug-likeness (QED) is 0.618. The molecule has 4 nitrogen and oxygen atoms in total. The Morgan fingerprint density at radius 2 is 2.36 bits per heavy atom. The largest absolute Gasteiger partial charge is 0.477 e. The summed E-state index contributed by atoms with van der Waals surface area (Å²) in [4.78, 5) is 7.74. The summed E-state index contributed by atoms with van der Waals surface area (Å²) in [5, 5.41) is 0. The number of anilines is 1. The molecular weight excluding hydrogens is 166 g/mol. The van der Waals surface area contributed by atoms with Crippen LogP contribution in [0.1, 0.15) is 5.56 Å². The van der Waals surface area contributed by atoms with E-state index < -0.39 is 0 Å². The number of rotatable bonds is 0. The summed E-state index contributed by atoms with van der Waals surface area (Å²) < 4.78 is 5.15. The number of nitrogens with zero attached hydrogens (tertiary/aromatic N) is 2. The van der Waals surface area contributed by atoms with Crippen LogP contribution >= 0.6 is 12.4 Å². The standard InChI is InChI=1S/C6H7N3O.ClH/c7-6-8-3-4-1-2-10-5(4)9-6;/h3H,1-2H2,(H2,7,8,9);1H. The Balaban J connectivity index is 0.000000605. The minimum Gasteiger partial charge on any atom is -0.477 e. The van der Waals surface area contributed by atoms with Gasteiger partial charge in [-0.05, 0) is 0 Å². The first-order valence-corrected chi connectivity index (χ1v) is 3.10. The molecule has 2 rings (SSSR count). The zero-order chi connectivity index (χ0) is 6.97. The zero-order valence-corrected chi connectivity index (χ0v) is 6.60. The molecule has 1 aromatic heterocycles. The first-order valence-electron chi connectivity index (χ1n) is 3.10. The number of ether oxygens (including phenoxy) is 1. The molecule has 1 aliphatic rings. The molecule has 0 spiro atoms. The van der Waals surface area contributed by atoms with Crippen molar-refractivity contribution in [2.24, 2.45) is 0 Å². The lowest BCUT2D eigenvalue weighted by molar-refractivity contribution is 0.345. The first kappa shape index (κ1) is 8.07. The topological polar surface area (TPSA) is 61.0 Å². The van der Waals surface area contributed by atoms with E-state index in [-0.39, 0.29) is 18.4 Å². The highest BCUT2D eigenvalue weighted by atomic mass is 35.5. The number of hydrogen-bond donors (Lipinski definition) is 1. The summed E-state index contributed by atoms with van der Waals surface area (Å²) in [6, 6.07) is 0. The molecular formula is C6H8ClN3O. The molecule has 1 aliphatic heterocycles. The van der Waals surface area contributed by atoms with Crippen LogP contribution in [0.4, 0.5) is 5.95 Å². The Morgan fingerprint density at radius 1 is 1.55 bits per heavy atom. The fraction of sp³-hybridized carbons (Fsp3) is 0.333. The SMILES string of the molecule is Cl.Nc1ncc2c(n1)OCC2. The molecule has 0 saturated heterocycles. The molecule has 0 unspecified atom stereocenters. The van der Waals surface area contributed by atoms with Gasteiger partial charge >= 0.3 is 0 Å². The van der Waals surface area contributed by atoms with Gasteiger partial charge in [0.1, 0.15) is 0 Å². The van der Waals surface area contributed by atoms with Crippen molar-refractivity contribution in [2.45, 2.75) is 6.42 Å². The van der Waals surface area contributed by atoms with Crippen LogP contribution in [0.5, 0.6) is 5.88 Å². The van der Waals surface area contributed by atoms with Gasteiger partial charge in [0.15, 0.2) is 0 Å². The predicted molar refractivity (Wildman–Crippen MR) is 42.9 cm³/mol. The van der Waals surface area contributed by atoms with Crippen LogP contribution in [-0.4, -0.2) is 16.6 Å². The molecule has 2 N–H and O–H groups in total. The molecule has 0 amide bonds. The Labute approximate surface area is 70.2 Å². The van der Waals surface area contributed by atoms with E-state index in [2.05, 4.69) is 9.97 Å². The van der Waals surface area contributed by atoms with Crippen molar-refractivity contribution in [1.82, 2.24) is 9.97 Å². The number of nitrogen functional groups attached to an aromatic ring is 1. The van der Waals surface area contributed by atoms with Gasteiger partial charge in [0.25, 0.3) is 0 Å². The van der Waals surface area contributed by atoms with Crippen LogP contribution in [0.15, 0.2) is 6.20 Å². The molecule has 0 fully saturated rings. The van der Waals surface area contributed by atoms with Gasteiger partial charge < -0.3 is 10.5 Å². The average molecular weight is 174 g/mol. The third kappa shape index (κ3) is 1.35. The van der Waals surface area contributed by atoms with Crippen molar-refractivity contribution >= 4 is 18.4 Å². The Bertz CT molecular complexity index is 266. The summed E-state index contributed by atoms with van der Waals surface area (Å²) in [5.41, 5.74) is 6.38. The van der Waals surface area contributed by atoms with Gasteiger partial charge in [0.2, 0.25) is 11.8 Å². The second kappa shape index (κ2) is 2.92. The maximum Gasteiger partial charge on any atom is 0.223 e. The van der Waals surface area contributed by atoms with E-state index in [1.54, 1.807) is 6.20 Å². The van der Waals surface area contributed by atoms with Crippen LogP contribution in [0, 0.1) is 0 Å². The predicted octanol–water partition coefficient (Wildman–Crippen LogP) is 0.416. The Kier molecular flexibility index (Phi) is 2.14. The van der Waals surface area contributed by atoms with Crippen LogP contribution < -0.4 is 10.5 Å². The summed E-state index contributed by atoms with van der Waals surface area (Å²) in [7, 11) is 0. The molecule has 0 saturated carbocycles. The van der Waals surface area contributed by atoms with Crippen molar-refractivity contribution in [3.05, 3.63) is 11.8 Å². The van der Waals surface area contributed by atoms with E-state index in [4.69, 9.17) is 10.5 Å². The third-order valence-electron chi connectivity index (χ3n) is 1.45. The number of hydrogen-bond acceptors (Lipinski definition) is 4. The second-order valence-electron chi connectivity index (χ2n) is 2.16. The highest BCUT2D eigenvalue weighted by molar-refractivity contribution is 5.85. The van der Waals surface area contributed by atoms with E-state index in [0.717, 1.165) is 12.0 Å². The zero-order valence-electron chi connectivity index (χ0n) is 5.78. The van der Waals surface area contributed by atoms with Crippen molar-refractivity contribution in [1.29, 1.82) is 0 Å². The summed E-state index contributed by atoms with van der Waals surface area (Å²) >= 11 is 0. The monoisotopic (exact) mass is 173 g/mol. The summed E-state index contributed by atoms with van der Waals surface area (Å²) in [6.45, 7) is 0.702. The van der Waals surface area contributed by atoms with E-state index in [0.29, 0.717) is 12.5 Å². The van der Waals surface area contributed by atoms with Gasteiger partial charge in [-0.2, -0.15) is 4.98 Å². The van der Waals surface area contributed by atoms with Crippen LogP contribution in [0.3, 0.4) is 0 Å². The van der Waals surface area contributed by atoms with Crippen molar-refractivity contribution in [3.8, 4) is 5.88 Å². The number of halogens is 1. The lowest BCUT2D eigenvalue weighted by Gasteiger charge is -1.95. The van der Waals surface area contributed by atoms with Gasteiger partial charge in [-0.3, -0.25) is 0 Å². The van der Waals surface area contributed by atoms with Crippen LogP contribution in [0.2, 0.25) is 0 Å². The van der Waals surface area contributed by atoms with Gasteiger partial charge in [-0.25, -0.2) is 4.98 Å². The number of aromatic nitrogens is 2. The Hall–Kier alpha value is -1.03. The van der Waals surface area contributed by atoms with Gasteiger partial charge in [0, 0.05) is 18.2 Å². The van der Waals surface area contributed by atoms with Crippen molar-refractivity contribution in [2.75, 3.05) is 12.3 Å². The van der Waals surface area contributed by atoms with Crippen LogP contribution in [0.25, 0.3) is 0 Å². The van der Waals surface area contributed by atoms with Gasteiger partial charge in [-0.15, -0.1) is 12.4 Å². The summed E-state index contributed by atoms with van der Waals surface area (Å²) in [5.74, 6) is 0.924. The molecule has 11 heavy (non-hydrogen) atoms. The molecule has 0 aromatic carbocycles. The maximum absolute atomic E-state index is 5.33. The number of nitrogens with two attached hydrogens (primary N) is 1. The minimum absolute atomic E-state index is 0. The Morgan fingerprint density at radius 3 is 3.18 bits per heavy atom. The molecule has 0 radical (unpaired) electrons. The fourth-order valence-corrected chi connectivity index (χ4v) is 0.958. The fourth-order valence-electron chi connectivity index (χ4n) is 0.958. The molecule has 2 heterocycles. The van der Waals surface area contributed by atoms with E-state index >= 15 is 0 Å². The first-order chi connectivity index (χ1) is 4.86. The molecule has 5 heteroatoms. The van der Waals surface area contributed by atoms with Crippen molar-refractivity contribution in [3.63, 3.8) is 0 Å². The second-order valence-corrected chi connectivity index (χ2v) is 2.16. The third-order valence-corrected chi connectivity index (χ3v) is 1.45. The smallest absolute Gasteiger partial charge is 0.223 e. The number of fused-ring (bicyclic) bond motifs is 1. The average Bonchev–Trinajstić information content (AvgIpc) is 2.33. The van der Waals surface area contributed by atoms with Crippen LogP contribution in [-0.2, 0) is 6.42 Å². The summed E-state index contributed by atoms with van der Waals surface area (Å²) in [6.07, 6.45) is 2.61. The van der Waals surface area contributed by atoms with E-state index in [1.165, 1.54) is 0 Å². The van der Waals surface area contributed by atoms with Gasteiger partial charge in [0.05, 0.1) is 6.61 Å². The molecule has 0 aliphatic carbocycles. The van der Waals surface area contributed by atoms with Crippen molar-refractivity contribution < 1.29 is 4.74 Å². The molecule has 0 atom stereocenters. The molecule has 1 aromatic rings. The lowest BCUT2D eigenvalue weighted by atomic mass is 10.3. The highest BCUT2D eigenvalue weighted by Gasteiger charge is 2.13. The minimum atomic E-state index is 0. The maximum atomic E-state index is 5.33.